The third kappa shape index (κ3) is 6.82. The molecule has 0 aliphatic rings. The Morgan fingerprint density at radius 3 is 1.45 bits per heavy atom. The van der Waals surface area contributed by atoms with Gasteiger partial charge in [-0.15, -0.1) is 0 Å². The average Bonchev–Trinajstić information content (AvgIpc) is 2.56. The zero-order valence-electron chi connectivity index (χ0n) is 14.5. The molecule has 0 fully saturated rings. The molecule has 0 saturated carbocycles. The van der Waals surface area contributed by atoms with Crippen LogP contribution in [0.25, 0.3) is 0 Å². The van der Waals surface area contributed by atoms with Crippen molar-refractivity contribution in [1.82, 2.24) is 0 Å². The van der Waals surface area contributed by atoms with Crippen LogP contribution in [0.3, 0.4) is 0 Å². The van der Waals surface area contributed by atoms with Crippen molar-refractivity contribution in [1.29, 1.82) is 0 Å². The van der Waals surface area contributed by atoms with E-state index >= 15 is 0 Å². The standard InChI is InChI=1S/C18H32GeO3/c1-4-7-15-20-19(21-16-8-5-2,22-17-9-6-3)18-13-11-10-12-14-18/h10-14H,4-9,15-17H2,1-3H3. The summed E-state index contributed by atoms with van der Waals surface area (Å²) in [7, 11) is 0. The zero-order chi connectivity index (χ0) is 16.1. The van der Waals surface area contributed by atoms with Gasteiger partial charge in [0.1, 0.15) is 0 Å². The van der Waals surface area contributed by atoms with E-state index in [0.29, 0.717) is 0 Å². The van der Waals surface area contributed by atoms with E-state index in [9.17, 15) is 0 Å². The molecule has 3 nitrogen and oxygen atoms in total. The summed E-state index contributed by atoms with van der Waals surface area (Å²) in [6.45, 7) is 8.71. The van der Waals surface area contributed by atoms with E-state index in [1.165, 1.54) is 0 Å². The van der Waals surface area contributed by atoms with Crippen LogP contribution >= 0.6 is 0 Å². The number of rotatable bonds is 13. The summed E-state index contributed by atoms with van der Waals surface area (Å²) in [5, 5.41) is 0. The molecule has 1 aromatic carbocycles. The Labute approximate surface area is 139 Å². The summed E-state index contributed by atoms with van der Waals surface area (Å²) < 4.78 is 20.0. The molecule has 1 aromatic rings. The van der Waals surface area contributed by atoms with Crippen LogP contribution in [0.5, 0.6) is 0 Å². The SMILES string of the molecule is CCCC[O][Ge]([O]CCCC)([O]CCCC)[c]1ccccc1. The van der Waals surface area contributed by atoms with Crippen molar-refractivity contribution in [2.24, 2.45) is 0 Å². The molecule has 0 atom stereocenters. The molecular formula is C18H32GeO3. The third-order valence-corrected chi connectivity index (χ3v) is 9.36. The van der Waals surface area contributed by atoms with E-state index in [0.717, 1.165) is 62.7 Å². The van der Waals surface area contributed by atoms with Gasteiger partial charge in [-0.2, -0.15) is 0 Å². The van der Waals surface area contributed by atoms with Crippen LogP contribution in [0.15, 0.2) is 30.3 Å². The van der Waals surface area contributed by atoms with Crippen molar-refractivity contribution in [3.05, 3.63) is 30.3 Å². The number of hydrogen-bond acceptors (Lipinski definition) is 3. The Kier molecular flexibility index (Phi) is 10.8. The van der Waals surface area contributed by atoms with Gasteiger partial charge >= 0.3 is 139 Å². The fraction of sp³-hybridized carbons (Fsp3) is 0.667. The second-order valence-corrected chi connectivity index (χ2v) is 10.9. The molecule has 4 heteroatoms. The first-order valence-corrected chi connectivity index (χ1v) is 12.4. The molecule has 0 aliphatic carbocycles. The van der Waals surface area contributed by atoms with E-state index in [4.69, 9.17) is 11.3 Å². The molecule has 0 radical (unpaired) electrons. The number of hydrogen-bond donors (Lipinski definition) is 0. The molecule has 0 saturated heterocycles. The fourth-order valence-electron chi connectivity index (χ4n) is 2.07. The molecule has 0 N–H and O–H groups in total. The second-order valence-electron chi connectivity index (χ2n) is 5.53. The Morgan fingerprint density at radius 1 is 0.682 bits per heavy atom. The van der Waals surface area contributed by atoms with Gasteiger partial charge in [0.25, 0.3) is 0 Å². The van der Waals surface area contributed by atoms with Crippen molar-refractivity contribution in [2.75, 3.05) is 19.8 Å². The van der Waals surface area contributed by atoms with Crippen LogP contribution in [-0.4, -0.2) is 34.1 Å². The Hall–Kier alpha value is -0.357. The van der Waals surface area contributed by atoms with Gasteiger partial charge in [-0.25, -0.2) is 0 Å². The number of unbranched alkanes of at least 4 members (excludes halogenated alkanes) is 3. The normalized spacial score (nSPS) is 11.8. The Bertz CT molecular complexity index is 343. The van der Waals surface area contributed by atoms with Gasteiger partial charge in [0, 0.05) is 0 Å². The maximum atomic E-state index is 6.29. The van der Waals surface area contributed by atoms with Crippen molar-refractivity contribution in [3.8, 4) is 0 Å². The van der Waals surface area contributed by atoms with Gasteiger partial charge < -0.3 is 0 Å². The van der Waals surface area contributed by atoms with Crippen LogP contribution in [0.2, 0.25) is 0 Å². The van der Waals surface area contributed by atoms with E-state index < -0.39 is 14.3 Å². The van der Waals surface area contributed by atoms with Gasteiger partial charge in [0.2, 0.25) is 0 Å². The van der Waals surface area contributed by atoms with Crippen LogP contribution < -0.4 is 4.40 Å². The summed E-state index contributed by atoms with van der Waals surface area (Å²) in [6.07, 6.45) is 6.52. The van der Waals surface area contributed by atoms with Gasteiger partial charge in [0.15, 0.2) is 0 Å². The van der Waals surface area contributed by atoms with Crippen molar-refractivity contribution in [2.45, 2.75) is 59.3 Å². The first-order chi connectivity index (χ1) is 10.8. The molecule has 1 rings (SSSR count). The van der Waals surface area contributed by atoms with Gasteiger partial charge in [-0.1, -0.05) is 0 Å². The number of benzene rings is 1. The minimum atomic E-state index is -3.39. The first kappa shape index (κ1) is 19.7. The van der Waals surface area contributed by atoms with Crippen molar-refractivity contribution >= 4 is 18.7 Å². The van der Waals surface area contributed by atoms with Crippen molar-refractivity contribution < 1.29 is 11.3 Å². The summed E-state index contributed by atoms with van der Waals surface area (Å²) in [5.41, 5.74) is 0. The Morgan fingerprint density at radius 2 is 1.09 bits per heavy atom. The van der Waals surface area contributed by atoms with Crippen LogP contribution in [0.4, 0.5) is 0 Å². The summed E-state index contributed by atoms with van der Waals surface area (Å²) in [6, 6.07) is 10.3. The summed E-state index contributed by atoms with van der Waals surface area (Å²) in [5.74, 6) is 0. The Balaban J connectivity index is 2.88. The molecule has 0 aromatic heterocycles. The van der Waals surface area contributed by atoms with E-state index in [1.807, 2.05) is 18.2 Å². The quantitative estimate of drug-likeness (QED) is 0.384. The average molecular weight is 369 g/mol. The third-order valence-electron chi connectivity index (χ3n) is 3.50. The fourth-order valence-corrected chi connectivity index (χ4v) is 7.50. The maximum absolute atomic E-state index is 6.29. The van der Waals surface area contributed by atoms with Crippen LogP contribution in [-0.2, 0) is 11.3 Å². The molecule has 0 bridgehead atoms. The molecule has 0 spiro atoms. The van der Waals surface area contributed by atoms with Gasteiger partial charge in [-0.3, -0.25) is 0 Å². The van der Waals surface area contributed by atoms with E-state index in [-0.39, 0.29) is 0 Å². The molecule has 0 amide bonds. The van der Waals surface area contributed by atoms with E-state index in [2.05, 4.69) is 32.9 Å². The first-order valence-electron chi connectivity index (χ1n) is 8.76. The zero-order valence-corrected chi connectivity index (χ0v) is 16.6. The summed E-state index contributed by atoms with van der Waals surface area (Å²) in [4.78, 5) is 0. The minimum absolute atomic E-state index is 0.726. The monoisotopic (exact) mass is 370 g/mol. The molecule has 0 aliphatic heterocycles. The molecule has 0 unspecified atom stereocenters. The summed E-state index contributed by atoms with van der Waals surface area (Å²) >= 11 is -3.39. The van der Waals surface area contributed by atoms with Crippen LogP contribution in [0.1, 0.15) is 59.3 Å². The molecule has 22 heavy (non-hydrogen) atoms. The van der Waals surface area contributed by atoms with Crippen molar-refractivity contribution in [3.63, 3.8) is 0 Å². The second kappa shape index (κ2) is 12.1. The van der Waals surface area contributed by atoms with Crippen LogP contribution in [0, 0.1) is 0 Å². The molecular weight excluding hydrogens is 337 g/mol. The van der Waals surface area contributed by atoms with E-state index in [1.54, 1.807) is 0 Å². The topological polar surface area (TPSA) is 27.7 Å². The predicted octanol–water partition coefficient (Wildman–Crippen LogP) is 4.28. The predicted molar refractivity (Wildman–Crippen MR) is 94.4 cm³/mol. The van der Waals surface area contributed by atoms with Gasteiger partial charge in [0.05, 0.1) is 0 Å². The molecule has 0 heterocycles. The van der Waals surface area contributed by atoms with Gasteiger partial charge in [-0.05, 0) is 0 Å². The molecule has 126 valence electrons.